The molecule has 2 nitrogen and oxygen atoms in total. The van der Waals surface area contributed by atoms with Gasteiger partial charge in [0.05, 0.1) is 5.69 Å². The summed E-state index contributed by atoms with van der Waals surface area (Å²) < 4.78 is 13.7. The van der Waals surface area contributed by atoms with Gasteiger partial charge in [0, 0.05) is 16.5 Å². The van der Waals surface area contributed by atoms with Crippen LogP contribution in [-0.2, 0) is 0 Å². The number of rotatable bonds is 2. The van der Waals surface area contributed by atoms with Crippen LogP contribution in [0.15, 0.2) is 53.9 Å². The Labute approximate surface area is 113 Å². The molecule has 0 aliphatic rings. The van der Waals surface area contributed by atoms with Gasteiger partial charge in [0.15, 0.2) is 0 Å². The van der Waals surface area contributed by atoms with Crippen molar-refractivity contribution < 1.29 is 9.50 Å². The van der Waals surface area contributed by atoms with E-state index in [0.717, 1.165) is 10.6 Å². The number of hydrogen-bond donors (Lipinski definition) is 1. The van der Waals surface area contributed by atoms with Crippen molar-refractivity contribution in [3.05, 3.63) is 59.7 Å². The van der Waals surface area contributed by atoms with Gasteiger partial charge in [0.25, 0.3) is 0 Å². The second-order valence-electron chi connectivity index (χ2n) is 4.06. The quantitative estimate of drug-likeness (QED) is 0.753. The van der Waals surface area contributed by atoms with Crippen LogP contribution in [0.3, 0.4) is 0 Å². The summed E-state index contributed by atoms with van der Waals surface area (Å²) in [5.74, 6) is -0.0558. The summed E-state index contributed by atoms with van der Waals surface area (Å²) in [6, 6.07) is 13.4. The molecule has 0 aliphatic heterocycles. The Hall–Kier alpha value is -2.20. The first-order valence-electron chi connectivity index (χ1n) is 5.74. The number of aromatic hydroxyl groups is 1. The zero-order chi connectivity index (χ0) is 13.2. The average molecular weight is 271 g/mol. The van der Waals surface area contributed by atoms with Gasteiger partial charge in [0.2, 0.25) is 0 Å². The van der Waals surface area contributed by atoms with Crippen LogP contribution in [0.25, 0.3) is 21.8 Å². The first-order valence-corrected chi connectivity index (χ1v) is 6.62. The summed E-state index contributed by atoms with van der Waals surface area (Å²) in [5.41, 5.74) is 2.04. The topological polar surface area (TPSA) is 33.1 Å². The van der Waals surface area contributed by atoms with Crippen molar-refractivity contribution in [2.75, 3.05) is 0 Å². The minimum absolute atomic E-state index is 0.217. The van der Waals surface area contributed by atoms with Crippen LogP contribution in [0.4, 0.5) is 4.39 Å². The summed E-state index contributed by atoms with van der Waals surface area (Å²) in [6.07, 6.45) is 0. The van der Waals surface area contributed by atoms with E-state index < -0.39 is 0 Å². The highest BCUT2D eigenvalue weighted by Crippen LogP contribution is 2.30. The third-order valence-electron chi connectivity index (χ3n) is 2.77. The van der Waals surface area contributed by atoms with Crippen LogP contribution in [0.5, 0.6) is 5.75 Å². The third-order valence-corrected chi connectivity index (χ3v) is 3.66. The molecule has 0 spiro atoms. The number of hydrogen-bond acceptors (Lipinski definition) is 3. The summed E-state index contributed by atoms with van der Waals surface area (Å²) in [7, 11) is 0. The second-order valence-corrected chi connectivity index (χ2v) is 4.92. The van der Waals surface area contributed by atoms with E-state index >= 15 is 0 Å². The van der Waals surface area contributed by atoms with E-state index in [1.54, 1.807) is 42.5 Å². The molecule has 1 N–H and O–H groups in total. The summed E-state index contributed by atoms with van der Waals surface area (Å²) >= 11 is 1.45. The maximum absolute atomic E-state index is 13.7. The van der Waals surface area contributed by atoms with Gasteiger partial charge in [0.1, 0.15) is 16.6 Å². The lowest BCUT2D eigenvalue weighted by Crippen LogP contribution is -1.83. The maximum Gasteiger partial charge on any atom is 0.132 e. The second kappa shape index (κ2) is 4.82. The number of benzene rings is 2. The first-order chi connectivity index (χ1) is 9.24. The molecule has 3 aromatic rings. The number of phenolic OH excluding ortho intramolecular Hbond substituents is 1. The standard InChI is InChI=1S/C15H10FNOS/c16-13-4-2-1-3-12(13)14-9-19-15(17-14)10-5-7-11(18)8-6-10/h1-9,18H. The molecule has 1 aromatic heterocycles. The highest BCUT2D eigenvalue weighted by molar-refractivity contribution is 7.13. The minimum atomic E-state index is -0.273. The fraction of sp³-hybridized carbons (Fsp3) is 0. The number of aromatic nitrogens is 1. The predicted molar refractivity (Wildman–Crippen MR) is 74.6 cm³/mol. The van der Waals surface area contributed by atoms with Gasteiger partial charge in [-0.25, -0.2) is 9.37 Å². The van der Waals surface area contributed by atoms with Crippen LogP contribution < -0.4 is 0 Å². The Morgan fingerprint density at radius 3 is 2.47 bits per heavy atom. The van der Waals surface area contributed by atoms with E-state index in [-0.39, 0.29) is 11.6 Å². The molecular weight excluding hydrogens is 261 g/mol. The molecule has 1 heterocycles. The normalized spacial score (nSPS) is 10.6. The van der Waals surface area contributed by atoms with Crippen LogP contribution in [0, 0.1) is 5.82 Å². The Bertz CT molecular complexity index is 706. The van der Waals surface area contributed by atoms with Crippen molar-refractivity contribution in [1.29, 1.82) is 0 Å². The average Bonchev–Trinajstić information content (AvgIpc) is 2.89. The molecule has 0 amide bonds. The van der Waals surface area contributed by atoms with Crippen molar-refractivity contribution in [2.45, 2.75) is 0 Å². The van der Waals surface area contributed by atoms with Gasteiger partial charge < -0.3 is 5.11 Å². The molecule has 2 aromatic carbocycles. The first kappa shape index (κ1) is 11.9. The number of phenols is 1. The largest absolute Gasteiger partial charge is 0.508 e. The van der Waals surface area contributed by atoms with E-state index in [4.69, 9.17) is 0 Å². The highest BCUT2D eigenvalue weighted by atomic mass is 32.1. The molecule has 0 unspecified atom stereocenters. The van der Waals surface area contributed by atoms with Crippen molar-refractivity contribution in [2.24, 2.45) is 0 Å². The Balaban J connectivity index is 2.00. The fourth-order valence-corrected chi connectivity index (χ4v) is 2.63. The summed E-state index contributed by atoms with van der Waals surface area (Å²) in [5, 5.41) is 11.9. The lowest BCUT2D eigenvalue weighted by Gasteiger charge is -1.98. The molecule has 0 bridgehead atoms. The van der Waals surface area contributed by atoms with Crippen molar-refractivity contribution in [1.82, 2.24) is 4.98 Å². The molecule has 3 rings (SSSR count). The molecule has 0 fully saturated rings. The van der Waals surface area contributed by atoms with Crippen LogP contribution in [0.2, 0.25) is 0 Å². The molecule has 94 valence electrons. The number of thiazole rings is 1. The SMILES string of the molecule is Oc1ccc(-c2nc(-c3ccccc3F)cs2)cc1. The smallest absolute Gasteiger partial charge is 0.132 e. The molecule has 0 saturated heterocycles. The van der Waals surface area contributed by atoms with E-state index in [1.165, 1.54) is 17.4 Å². The lowest BCUT2D eigenvalue weighted by molar-refractivity contribution is 0.475. The predicted octanol–water partition coefficient (Wildman–Crippen LogP) is 4.32. The van der Waals surface area contributed by atoms with Crippen molar-refractivity contribution in [3.63, 3.8) is 0 Å². The Morgan fingerprint density at radius 2 is 1.74 bits per heavy atom. The molecular formula is C15H10FNOS. The molecule has 4 heteroatoms. The van der Waals surface area contributed by atoms with E-state index in [1.807, 2.05) is 5.38 Å². The van der Waals surface area contributed by atoms with Crippen molar-refractivity contribution >= 4 is 11.3 Å². The minimum Gasteiger partial charge on any atom is -0.508 e. The van der Waals surface area contributed by atoms with Crippen LogP contribution in [-0.4, -0.2) is 10.1 Å². The van der Waals surface area contributed by atoms with Crippen molar-refractivity contribution in [3.8, 4) is 27.6 Å². The molecule has 0 radical (unpaired) electrons. The summed E-state index contributed by atoms with van der Waals surface area (Å²) in [6.45, 7) is 0. The maximum atomic E-state index is 13.7. The zero-order valence-electron chi connectivity index (χ0n) is 9.88. The van der Waals surface area contributed by atoms with Gasteiger partial charge in [-0.15, -0.1) is 11.3 Å². The molecule has 19 heavy (non-hydrogen) atoms. The van der Waals surface area contributed by atoms with Crippen LogP contribution in [0.1, 0.15) is 0 Å². The van der Waals surface area contributed by atoms with E-state index in [2.05, 4.69) is 4.98 Å². The molecule has 0 saturated carbocycles. The van der Waals surface area contributed by atoms with Gasteiger partial charge in [-0.2, -0.15) is 0 Å². The third kappa shape index (κ3) is 2.35. The van der Waals surface area contributed by atoms with E-state index in [0.29, 0.717) is 11.3 Å². The van der Waals surface area contributed by atoms with Gasteiger partial charge in [-0.1, -0.05) is 12.1 Å². The fourth-order valence-electron chi connectivity index (χ4n) is 1.80. The monoisotopic (exact) mass is 271 g/mol. The van der Waals surface area contributed by atoms with Gasteiger partial charge >= 0.3 is 0 Å². The molecule has 0 atom stereocenters. The van der Waals surface area contributed by atoms with Gasteiger partial charge in [-0.3, -0.25) is 0 Å². The lowest BCUT2D eigenvalue weighted by atomic mass is 10.1. The summed E-state index contributed by atoms with van der Waals surface area (Å²) in [4.78, 5) is 4.44. The number of halogens is 1. The zero-order valence-corrected chi connectivity index (χ0v) is 10.7. The van der Waals surface area contributed by atoms with Crippen LogP contribution >= 0.6 is 11.3 Å². The molecule has 0 aliphatic carbocycles. The Kier molecular flexibility index (Phi) is 3.01. The van der Waals surface area contributed by atoms with E-state index in [9.17, 15) is 9.50 Å². The Morgan fingerprint density at radius 1 is 1.00 bits per heavy atom. The van der Waals surface area contributed by atoms with Gasteiger partial charge in [-0.05, 0) is 36.4 Å². The highest BCUT2D eigenvalue weighted by Gasteiger charge is 2.09. The number of nitrogens with zero attached hydrogens (tertiary/aromatic N) is 1.